The molecule has 1 heterocycles. The van der Waals surface area contributed by atoms with E-state index in [1.807, 2.05) is 19.1 Å². The van der Waals surface area contributed by atoms with Gasteiger partial charge >= 0.3 is 0 Å². The van der Waals surface area contributed by atoms with E-state index in [2.05, 4.69) is 22.2 Å². The van der Waals surface area contributed by atoms with Crippen LogP contribution in [-0.4, -0.2) is 16.5 Å². The fourth-order valence-electron chi connectivity index (χ4n) is 2.19. The van der Waals surface area contributed by atoms with Crippen LogP contribution < -0.4 is 5.32 Å². The van der Waals surface area contributed by atoms with Crippen LogP contribution in [0.5, 0.6) is 0 Å². The molecule has 2 aromatic rings. The molecule has 0 saturated carbocycles. The van der Waals surface area contributed by atoms with Crippen molar-refractivity contribution >= 4 is 0 Å². The Balaban J connectivity index is 2.21. The summed E-state index contributed by atoms with van der Waals surface area (Å²) in [5, 5.41) is 3.47. The molecule has 1 N–H and O–H groups in total. The molecule has 0 fully saturated rings. The molecule has 4 heteroatoms. The second kappa shape index (κ2) is 7.10. The van der Waals surface area contributed by atoms with Crippen LogP contribution in [0.15, 0.2) is 36.8 Å². The number of hydrogen-bond donors (Lipinski definition) is 1. The molecular weight excluding hydrogens is 253 g/mol. The molecule has 0 radical (unpaired) electrons. The first-order valence-corrected chi connectivity index (χ1v) is 6.95. The van der Waals surface area contributed by atoms with Crippen molar-refractivity contribution in [3.63, 3.8) is 0 Å². The third kappa shape index (κ3) is 3.84. The summed E-state index contributed by atoms with van der Waals surface area (Å²) in [4.78, 5) is 8.26. The lowest BCUT2D eigenvalue weighted by Gasteiger charge is -2.19. The van der Waals surface area contributed by atoms with Gasteiger partial charge in [-0.1, -0.05) is 13.0 Å². The molecule has 1 atom stereocenters. The van der Waals surface area contributed by atoms with E-state index in [4.69, 9.17) is 0 Å². The lowest BCUT2D eigenvalue weighted by Crippen LogP contribution is -2.25. The molecule has 2 rings (SSSR count). The number of hydrogen-bond acceptors (Lipinski definition) is 3. The van der Waals surface area contributed by atoms with Crippen molar-refractivity contribution in [2.45, 2.75) is 32.7 Å². The van der Waals surface area contributed by atoms with E-state index >= 15 is 0 Å². The fourth-order valence-corrected chi connectivity index (χ4v) is 2.19. The summed E-state index contributed by atoms with van der Waals surface area (Å²) in [6, 6.07) is 6.91. The van der Waals surface area contributed by atoms with Crippen LogP contribution in [-0.2, 0) is 6.42 Å². The average Bonchev–Trinajstić information content (AvgIpc) is 2.48. The zero-order valence-corrected chi connectivity index (χ0v) is 11.9. The van der Waals surface area contributed by atoms with Crippen LogP contribution in [0.3, 0.4) is 0 Å². The first-order valence-electron chi connectivity index (χ1n) is 6.95. The Hall–Kier alpha value is -1.81. The zero-order valence-electron chi connectivity index (χ0n) is 11.9. The van der Waals surface area contributed by atoms with E-state index in [0.29, 0.717) is 0 Å². The van der Waals surface area contributed by atoms with Crippen LogP contribution in [0.4, 0.5) is 4.39 Å². The van der Waals surface area contributed by atoms with Gasteiger partial charge in [-0.15, -0.1) is 0 Å². The SMILES string of the molecule is CCCNC(Cc1cc(F)ccc1C)c1ccncn1. The summed E-state index contributed by atoms with van der Waals surface area (Å²) < 4.78 is 13.4. The van der Waals surface area contributed by atoms with Crippen LogP contribution in [0.1, 0.15) is 36.2 Å². The Kier molecular flexibility index (Phi) is 5.18. The summed E-state index contributed by atoms with van der Waals surface area (Å²) >= 11 is 0. The fraction of sp³-hybridized carbons (Fsp3) is 0.375. The van der Waals surface area contributed by atoms with Gasteiger partial charge in [0, 0.05) is 6.20 Å². The maximum Gasteiger partial charge on any atom is 0.123 e. The molecule has 106 valence electrons. The number of aryl methyl sites for hydroxylation is 1. The maximum atomic E-state index is 13.4. The Bertz CT molecular complexity index is 543. The Morgan fingerprint density at radius 1 is 1.30 bits per heavy atom. The highest BCUT2D eigenvalue weighted by atomic mass is 19.1. The summed E-state index contributed by atoms with van der Waals surface area (Å²) in [5.41, 5.74) is 3.05. The maximum absolute atomic E-state index is 13.4. The van der Waals surface area contributed by atoms with Gasteiger partial charge in [-0.2, -0.15) is 0 Å². The van der Waals surface area contributed by atoms with Crippen molar-refractivity contribution in [3.05, 3.63) is 59.4 Å². The van der Waals surface area contributed by atoms with Crippen molar-refractivity contribution in [2.24, 2.45) is 0 Å². The monoisotopic (exact) mass is 273 g/mol. The first-order chi connectivity index (χ1) is 9.70. The van der Waals surface area contributed by atoms with Crippen molar-refractivity contribution in [1.82, 2.24) is 15.3 Å². The summed E-state index contributed by atoms with van der Waals surface area (Å²) in [6.45, 7) is 5.03. The summed E-state index contributed by atoms with van der Waals surface area (Å²) in [5.74, 6) is -0.192. The predicted molar refractivity (Wildman–Crippen MR) is 77.9 cm³/mol. The van der Waals surface area contributed by atoms with E-state index < -0.39 is 0 Å². The minimum atomic E-state index is -0.192. The molecular formula is C16H20FN3. The summed E-state index contributed by atoms with van der Waals surface area (Å²) in [6.07, 6.45) is 5.06. The minimum Gasteiger partial charge on any atom is -0.308 e. The molecule has 1 aromatic heterocycles. The second-order valence-electron chi connectivity index (χ2n) is 4.92. The Morgan fingerprint density at radius 3 is 2.85 bits per heavy atom. The van der Waals surface area contributed by atoms with Gasteiger partial charge < -0.3 is 5.32 Å². The van der Waals surface area contributed by atoms with Gasteiger partial charge in [0.05, 0.1) is 11.7 Å². The van der Waals surface area contributed by atoms with Crippen molar-refractivity contribution in [1.29, 1.82) is 0 Å². The van der Waals surface area contributed by atoms with E-state index in [1.54, 1.807) is 18.6 Å². The number of halogens is 1. The number of nitrogens with zero attached hydrogens (tertiary/aromatic N) is 2. The van der Waals surface area contributed by atoms with E-state index in [9.17, 15) is 4.39 Å². The van der Waals surface area contributed by atoms with Crippen LogP contribution in [0, 0.1) is 12.7 Å². The lowest BCUT2D eigenvalue weighted by molar-refractivity contribution is 0.514. The van der Waals surface area contributed by atoms with Crippen molar-refractivity contribution in [2.75, 3.05) is 6.54 Å². The van der Waals surface area contributed by atoms with E-state index in [-0.39, 0.29) is 11.9 Å². The highest BCUT2D eigenvalue weighted by Crippen LogP contribution is 2.19. The van der Waals surface area contributed by atoms with Gasteiger partial charge in [-0.25, -0.2) is 14.4 Å². The van der Waals surface area contributed by atoms with Gasteiger partial charge in [-0.3, -0.25) is 0 Å². The first kappa shape index (κ1) is 14.6. The van der Waals surface area contributed by atoms with Crippen molar-refractivity contribution < 1.29 is 4.39 Å². The molecule has 0 aliphatic rings. The van der Waals surface area contributed by atoms with Gasteiger partial charge in [0.15, 0.2) is 0 Å². The number of nitrogens with one attached hydrogen (secondary N) is 1. The highest BCUT2D eigenvalue weighted by molar-refractivity contribution is 5.28. The number of rotatable bonds is 6. The molecule has 0 aliphatic heterocycles. The standard InChI is InChI=1S/C16H20FN3/c1-3-7-19-16(15-6-8-18-11-20-15)10-13-9-14(17)5-4-12(13)2/h4-6,8-9,11,16,19H,3,7,10H2,1-2H3. The second-order valence-corrected chi connectivity index (χ2v) is 4.92. The molecule has 20 heavy (non-hydrogen) atoms. The summed E-state index contributed by atoms with van der Waals surface area (Å²) in [7, 11) is 0. The molecule has 0 spiro atoms. The van der Waals surface area contributed by atoms with Gasteiger partial charge in [0.1, 0.15) is 12.1 Å². The third-order valence-electron chi connectivity index (χ3n) is 3.34. The van der Waals surface area contributed by atoms with Gasteiger partial charge in [0.25, 0.3) is 0 Å². The molecule has 0 saturated heterocycles. The molecule has 3 nitrogen and oxygen atoms in total. The van der Waals surface area contributed by atoms with Crippen molar-refractivity contribution in [3.8, 4) is 0 Å². The van der Waals surface area contributed by atoms with Crippen LogP contribution >= 0.6 is 0 Å². The average molecular weight is 273 g/mol. The largest absolute Gasteiger partial charge is 0.308 e. The molecule has 0 bridgehead atoms. The Labute approximate surface area is 119 Å². The molecule has 0 aliphatic carbocycles. The molecule has 1 aromatic carbocycles. The van der Waals surface area contributed by atoms with Crippen LogP contribution in [0.25, 0.3) is 0 Å². The number of benzene rings is 1. The quantitative estimate of drug-likeness (QED) is 0.878. The predicted octanol–water partition coefficient (Wildman–Crippen LogP) is 3.21. The van der Waals surface area contributed by atoms with E-state index in [0.717, 1.165) is 36.2 Å². The highest BCUT2D eigenvalue weighted by Gasteiger charge is 2.14. The van der Waals surface area contributed by atoms with Gasteiger partial charge in [0.2, 0.25) is 0 Å². The smallest absolute Gasteiger partial charge is 0.123 e. The minimum absolute atomic E-state index is 0.0819. The zero-order chi connectivity index (χ0) is 14.4. The lowest BCUT2D eigenvalue weighted by atomic mass is 9.98. The van der Waals surface area contributed by atoms with Gasteiger partial charge in [-0.05, 0) is 55.6 Å². The van der Waals surface area contributed by atoms with Crippen LogP contribution in [0.2, 0.25) is 0 Å². The molecule has 0 amide bonds. The normalized spacial score (nSPS) is 12.3. The Morgan fingerprint density at radius 2 is 2.15 bits per heavy atom. The topological polar surface area (TPSA) is 37.8 Å². The van der Waals surface area contributed by atoms with E-state index in [1.165, 1.54) is 6.07 Å². The molecule has 1 unspecified atom stereocenters. The third-order valence-corrected chi connectivity index (χ3v) is 3.34. The number of aromatic nitrogens is 2.